The van der Waals surface area contributed by atoms with Crippen molar-refractivity contribution in [3.05, 3.63) is 35.5 Å². The molecule has 0 bridgehead atoms. The lowest BCUT2D eigenvalue weighted by molar-refractivity contribution is 1.33. The van der Waals surface area contributed by atoms with Crippen molar-refractivity contribution in [2.45, 2.75) is 27.7 Å². The van der Waals surface area contributed by atoms with Gasteiger partial charge in [0, 0.05) is 0 Å². The summed E-state index contributed by atoms with van der Waals surface area (Å²) in [5, 5.41) is 0. The van der Waals surface area contributed by atoms with Crippen LogP contribution >= 0.6 is 0 Å². The molecule has 0 rings (SSSR count). The van der Waals surface area contributed by atoms with Crippen LogP contribution in [0.4, 0.5) is 0 Å². The van der Waals surface area contributed by atoms with Crippen molar-refractivity contribution in [3.63, 3.8) is 0 Å². The average molecular weight is 136 g/mol. The van der Waals surface area contributed by atoms with Crippen molar-refractivity contribution in [2.75, 3.05) is 0 Å². The van der Waals surface area contributed by atoms with Crippen LogP contribution < -0.4 is 0 Å². The molecule has 0 spiro atoms. The summed E-state index contributed by atoms with van der Waals surface area (Å²) in [6.45, 7) is 8.32. The first-order valence-electron chi connectivity index (χ1n) is 3.65. The first-order chi connectivity index (χ1) is 4.72. The minimum absolute atomic E-state index is 1.33. The number of hydrogen-bond acceptors (Lipinski definition) is 0. The van der Waals surface area contributed by atoms with Gasteiger partial charge in [-0.15, -0.1) is 0 Å². The van der Waals surface area contributed by atoms with E-state index in [0.29, 0.717) is 0 Å². The van der Waals surface area contributed by atoms with Crippen LogP contribution in [0.25, 0.3) is 0 Å². The molecule has 0 aromatic rings. The third-order valence-electron chi connectivity index (χ3n) is 1.59. The Labute approximate surface area is 64.0 Å². The van der Waals surface area contributed by atoms with Gasteiger partial charge in [-0.05, 0) is 33.3 Å². The molecule has 0 radical (unpaired) electrons. The van der Waals surface area contributed by atoms with Crippen molar-refractivity contribution < 1.29 is 0 Å². The van der Waals surface area contributed by atoms with Crippen molar-refractivity contribution in [1.29, 1.82) is 0 Å². The van der Waals surface area contributed by atoms with Crippen LogP contribution in [0.1, 0.15) is 27.7 Å². The molecule has 0 nitrogen and oxygen atoms in total. The monoisotopic (exact) mass is 136 g/mol. The van der Waals surface area contributed by atoms with E-state index in [1.165, 1.54) is 11.1 Å². The quantitative estimate of drug-likeness (QED) is 0.510. The molecular weight excluding hydrogens is 120 g/mol. The second kappa shape index (κ2) is 5.04. The minimum atomic E-state index is 1.33. The Kier molecular flexibility index (Phi) is 4.65. The van der Waals surface area contributed by atoms with E-state index in [0.717, 1.165) is 0 Å². The zero-order chi connectivity index (χ0) is 7.98. The highest BCUT2D eigenvalue weighted by atomic mass is 13.9. The molecule has 0 heterocycles. The molecule has 0 aliphatic rings. The van der Waals surface area contributed by atoms with Gasteiger partial charge in [0.05, 0.1) is 0 Å². The average Bonchev–Trinajstić information content (AvgIpc) is 1.98. The Hall–Kier alpha value is -0.780. The van der Waals surface area contributed by atoms with Gasteiger partial charge in [-0.2, -0.15) is 0 Å². The molecule has 0 N–H and O–H groups in total. The van der Waals surface area contributed by atoms with Crippen LogP contribution in [0.2, 0.25) is 0 Å². The van der Waals surface area contributed by atoms with E-state index in [9.17, 15) is 0 Å². The summed E-state index contributed by atoms with van der Waals surface area (Å²) in [5.41, 5.74) is 2.68. The van der Waals surface area contributed by atoms with Crippen molar-refractivity contribution in [3.8, 4) is 0 Å². The van der Waals surface area contributed by atoms with Crippen molar-refractivity contribution >= 4 is 0 Å². The lowest BCUT2D eigenvalue weighted by Crippen LogP contribution is -1.75. The third-order valence-corrected chi connectivity index (χ3v) is 1.59. The molecule has 56 valence electrons. The lowest BCUT2D eigenvalue weighted by Gasteiger charge is -1.96. The summed E-state index contributed by atoms with van der Waals surface area (Å²) in [7, 11) is 0. The molecule has 0 unspecified atom stereocenters. The van der Waals surface area contributed by atoms with Gasteiger partial charge in [0.15, 0.2) is 0 Å². The molecule has 0 aliphatic carbocycles. The van der Waals surface area contributed by atoms with Crippen LogP contribution in [0, 0.1) is 0 Å². The summed E-state index contributed by atoms with van der Waals surface area (Å²) < 4.78 is 0. The highest BCUT2D eigenvalue weighted by Crippen LogP contribution is 2.06. The first kappa shape index (κ1) is 9.22. The molecule has 0 saturated heterocycles. The van der Waals surface area contributed by atoms with Gasteiger partial charge in [-0.3, -0.25) is 0 Å². The second-order valence-corrected chi connectivity index (χ2v) is 2.35. The Morgan fingerprint density at radius 2 is 1.60 bits per heavy atom. The molecule has 0 aromatic carbocycles. The predicted molar refractivity (Wildman–Crippen MR) is 48.0 cm³/mol. The standard InChI is InChI=1S/C10H16/c1-5-7-8-10(4)9(3)6-2/h5-8H,1-4H3/b7-5-,9-6-,10-8-. The predicted octanol–water partition coefficient (Wildman–Crippen LogP) is 3.48. The number of hydrogen-bond donors (Lipinski definition) is 0. The van der Waals surface area contributed by atoms with Gasteiger partial charge < -0.3 is 0 Å². The van der Waals surface area contributed by atoms with Gasteiger partial charge in [0.25, 0.3) is 0 Å². The van der Waals surface area contributed by atoms with E-state index >= 15 is 0 Å². The van der Waals surface area contributed by atoms with Gasteiger partial charge in [-0.1, -0.05) is 29.9 Å². The SMILES string of the molecule is C\C=C/C=C(C)\C(C)=C/C. The molecule has 0 aliphatic heterocycles. The maximum atomic E-state index is 2.12. The molecular formula is C10H16. The first-order valence-corrected chi connectivity index (χ1v) is 3.65. The maximum Gasteiger partial charge on any atom is -0.0395 e. The molecule has 0 heteroatoms. The van der Waals surface area contributed by atoms with Gasteiger partial charge >= 0.3 is 0 Å². The fraction of sp³-hybridized carbons (Fsp3) is 0.400. The van der Waals surface area contributed by atoms with E-state index in [2.05, 4.69) is 39.0 Å². The van der Waals surface area contributed by atoms with Crippen LogP contribution in [-0.4, -0.2) is 0 Å². The number of rotatable bonds is 2. The van der Waals surface area contributed by atoms with E-state index in [-0.39, 0.29) is 0 Å². The Balaban J connectivity index is 4.19. The van der Waals surface area contributed by atoms with Crippen LogP contribution in [0.3, 0.4) is 0 Å². The second-order valence-electron chi connectivity index (χ2n) is 2.35. The summed E-state index contributed by atoms with van der Waals surface area (Å²) in [6, 6.07) is 0. The maximum absolute atomic E-state index is 2.12. The van der Waals surface area contributed by atoms with E-state index in [1.807, 2.05) is 13.0 Å². The normalized spacial score (nSPS) is 14.8. The Morgan fingerprint density at radius 3 is 2.00 bits per heavy atom. The summed E-state index contributed by atoms with van der Waals surface area (Å²) >= 11 is 0. The Bertz CT molecular complexity index is 168. The van der Waals surface area contributed by atoms with Gasteiger partial charge in [0.1, 0.15) is 0 Å². The largest absolute Gasteiger partial charge is 0.0877 e. The van der Waals surface area contributed by atoms with Gasteiger partial charge in [0.2, 0.25) is 0 Å². The smallest absolute Gasteiger partial charge is 0.0395 e. The summed E-state index contributed by atoms with van der Waals surface area (Å²) in [4.78, 5) is 0. The fourth-order valence-corrected chi connectivity index (χ4v) is 0.600. The minimum Gasteiger partial charge on any atom is -0.0877 e. The zero-order valence-corrected chi connectivity index (χ0v) is 7.31. The molecule has 0 amide bonds. The highest BCUT2D eigenvalue weighted by Gasteiger charge is 1.86. The summed E-state index contributed by atoms with van der Waals surface area (Å²) in [6.07, 6.45) is 8.33. The highest BCUT2D eigenvalue weighted by molar-refractivity contribution is 5.29. The topological polar surface area (TPSA) is 0 Å². The van der Waals surface area contributed by atoms with Crippen molar-refractivity contribution in [1.82, 2.24) is 0 Å². The Morgan fingerprint density at radius 1 is 1.00 bits per heavy atom. The molecule has 0 saturated carbocycles. The van der Waals surface area contributed by atoms with E-state index in [1.54, 1.807) is 0 Å². The molecule has 0 aromatic heterocycles. The molecule has 0 fully saturated rings. The van der Waals surface area contributed by atoms with Gasteiger partial charge in [-0.25, -0.2) is 0 Å². The van der Waals surface area contributed by atoms with E-state index in [4.69, 9.17) is 0 Å². The van der Waals surface area contributed by atoms with Crippen LogP contribution in [0.15, 0.2) is 35.5 Å². The van der Waals surface area contributed by atoms with Crippen LogP contribution in [-0.2, 0) is 0 Å². The van der Waals surface area contributed by atoms with Crippen molar-refractivity contribution in [2.24, 2.45) is 0 Å². The lowest BCUT2D eigenvalue weighted by atomic mass is 10.1. The fourth-order valence-electron chi connectivity index (χ4n) is 0.600. The molecule has 0 atom stereocenters. The number of allylic oxidation sites excluding steroid dienone is 6. The van der Waals surface area contributed by atoms with Crippen LogP contribution in [0.5, 0.6) is 0 Å². The molecule has 10 heavy (non-hydrogen) atoms. The zero-order valence-electron chi connectivity index (χ0n) is 7.31. The third kappa shape index (κ3) is 3.29. The summed E-state index contributed by atoms with van der Waals surface area (Å²) in [5.74, 6) is 0. The van der Waals surface area contributed by atoms with E-state index < -0.39 is 0 Å².